The predicted molar refractivity (Wildman–Crippen MR) is 99.7 cm³/mol. The highest BCUT2D eigenvalue weighted by Gasteiger charge is 2.29. The highest BCUT2D eigenvalue weighted by atomic mass is 16.2. The molecule has 0 radical (unpaired) electrons. The molecular formula is C20H29N5O. The fourth-order valence-electron chi connectivity index (χ4n) is 4.06. The van der Waals surface area contributed by atoms with Crippen molar-refractivity contribution in [1.82, 2.24) is 24.0 Å². The van der Waals surface area contributed by atoms with Gasteiger partial charge < -0.3 is 14.0 Å². The minimum atomic E-state index is 0.255. The van der Waals surface area contributed by atoms with Gasteiger partial charge in [-0.1, -0.05) is 6.92 Å². The highest BCUT2D eigenvalue weighted by Crippen LogP contribution is 2.33. The summed E-state index contributed by atoms with van der Waals surface area (Å²) in [7, 11) is 0. The van der Waals surface area contributed by atoms with Gasteiger partial charge in [-0.05, 0) is 31.6 Å². The number of rotatable bonds is 7. The van der Waals surface area contributed by atoms with Gasteiger partial charge in [-0.15, -0.1) is 0 Å². The van der Waals surface area contributed by atoms with E-state index >= 15 is 0 Å². The monoisotopic (exact) mass is 355 g/mol. The number of imidazole rings is 2. The topological polar surface area (TPSA) is 56.0 Å². The van der Waals surface area contributed by atoms with Crippen LogP contribution in [0.25, 0.3) is 0 Å². The van der Waals surface area contributed by atoms with Crippen molar-refractivity contribution >= 4 is 5.91 Å². The molecule has 0 N–H and O–H groups in total. The molecule has 140 valence electrons. The van der Waals surface area contributed by atoms with Crippen LogP contribution >= 0.6 is 0 Å². The Morgan fingerprint density at radius 3 is 2.77 bits per heavy atom. The third-order valence-electron chi connectivity index (χ3n) is 5.72. The lowest BCUT2D eigenvalue weighted by Crippen LogP contribution is -2.40. The molecule has 6 heteroatoms. The van der Waals surface area contributed by atoms with E-state index in [2.05, 4.69) is 32.2 Å². The molecule has 1 unspecified atom stereocenters. The van der Waals surface area contributed by atoms with Crippen molar-refractivity contribution < 1.29 is 4.79 Å². The van der Waals surface area contributed by atoms with Crippen LogP contribution in [-0.2, 0) is 24.3 Å². The van der Waals surface area contributed by atoms with Crippen LogP contribution in [0.2, 0.25) is 0 Å². The van der Waals surface area contributed by atoms with E-state index < -0.39 is 0 Å². The number of carbonyl (C=O) groups excluding carboxylic acids is 1. The van der Waals surface area contributed by atoms with E-state index in [1.54, 1.807) is 0 Å². The molecule has 0 spiro atoms. The zero-order valence-corrected chi connectivity index (χ0v) is 15.7. The molecule has 2 aromatic heterocycles. The van der Waals surface area contributed by atoms with Crippen LogP contribution < -0.4 is 0 Å². The SMILES string of the molecule is CCc1nccn1CCC(=O)N1CCCC(c2nccn2CC2CC2)C1. The van der Waals surface area contributed by atoms with Crippen LogP contribution in [0.15, 0.2) is 24.8 Å². The van der Waals surface area contributed by atoms with Crippen molar-refractivity contribution in [2.75, 3.05) is 13.1 Å². The van der Waals surface area contributed by atoms with Gasteiger partial charge >= 0.3 is 0 Å². The molecule has 2 aromatic rings. The first-order valence-corrected chi connectivity index (χ1v) is 10.0. The number of nitrogens with zero attached hydrogens (tertiary/aromatic N) is 5. The summed E-state index contributed by atoms with van der Waals surface area (Å²) in [5.41, 5.74) is 0. The second kappa shape index (κ2) is 7.64. The number of hydrogen-bond donors (Lipinski definition) is 0. The summed E-state index contributed by atoms with van der Waals surface area (Å²) in [6, 6.07) is 0. The summed E-state index contributed by atoms with van der Waals surface area (Å²) >= 11 is 0. The van der Waals surface area contributed by atoms with E-state index in [1.165, 1.54) is 18.7 Å². The quantitative estimate of drug-likeness (QED) is 0.767. The third-order valence-corrected chi connectivity index (χ3v) is 5.72. The van der Waals surface area contributed by atoms with E-state index in [0.717, 1.165) is 57.2 Å². The van der Waals surface area contributed by atoms with Crippen molar-refractivity contribution in [2.24, 2.45) is 5.92 Å². The fourth-order valence-corrected chi connectivity index (χ4v) is 4.06. The maximum Gasteiger partial charge on any atom is 0.224 e. The first kappa shape index (κ1) is 17.3. The number of amides is 1. The summed E-state index contributed by atoms with van der Waals surface area (Å²) in [5.74, 6) is 3.70. The van der Waals surface area contributed by atoms with Crippen LogP contribution in [0, 0.1) is 5.92 Å². The lowest BCUT2D eigenvalue weighted by Gasteiger charge is -2.33. The van der Waals surface area contributed by atoms with Crippen molar-refractivity contribution in [3.63, 3.8) is 0 Å². The van der Waals surface area contributed by atoms with E-state index in [4.69, 9.17) is 0 Å². The Morgan fingerprint density at radius 1 is 1.15 bits per heavy atom. The van der Waals surface area contributed by atoms with Gasteiger partial charge in [0.05, 0.1) is 0 Å². The summed E-state index contributed by atoms with van der Waals surface area (Å²) < 4.78 is 4.43. The molecule has 3 heterocycles. The Bertz CT molecular complexity index is 745. The summed E-state index contributed by atoms with van der Waals surface area (Å²) in [6.07, 6.45) is 14.2. The van der Waals surface area contributed by atoms with Gasteiger partial charge in [0.15, 0.2) is 0 Å². The van der Waals surface area contributed by atoms with Crippen LogP contribution in [0.1, 0.15) is 56.6 Å². The molecule has 1 saturated carbocycles. The van der Waals surface area contributed by atoms with E-state index in [-0.39, 0.29) is 5.91 Å². The van der Waals surface area contributed by atoms with Crippen molar-refractivity contribution in [3.8, 4) is 0 Å². The van der Waals surface area contributed by atoms with Gasteiger partial charge in [-0.2, -0.15) is 0 Å². The first-order valence-electron chi connectivity index (χ1n) is 10.0. The lowest BCUT2D eigenvalue weighted by atomic mass is 9.96. The first-order chi connectivity index (χ1) is 12.7. The molecule has 1 atom stereocenters. The maximum absolute atomic E-state index is 12.7. The molecule has 1 saturated heterocycles. The number of likely N-dealkylation sites (tertiary alicyclic amines) is 1. The summed E-state index contributed by atoms with van der Waals surface area (Å²) in [5, 5.41) is 0. The molecule has 1 amide bonds. The fraction of sp³-hybridized carbons (Fsp3) is 0.650. The Kier molecular flexibility index (Phi) is 5.09. The predicted octanol–water partition coefficient (Wildman–Crippen LogP) is 2.85. The van der Waals surface area contributed by atoms with Gasteiger partial charge in [0, 0.05) is 69.7 Å². The average Bonchev–Trinajstić information content (AvgIpc) is 3.18. The molecule has 1 aliphatic carbocycles. The smallest absolute Gasteiger partial charge is 0.224 e. The molecule has 2 fully saturated rings. The van der Waals surface area contributed by atoms with Crippen LogP contribution in [0.4, 0.5) is 0 Å². The second-order valence-electron chi connectivity index (χ2n) is 7.70. The molecule has 1 aliphatic heterocycles. The molecule has 0 aromatic carbocycles. The zero-order valence-electron chi connectivity index (χ0n) is 15.7. The van der Waals surface area contributed by atoms with Crippen molar-refractivity contribution in [2.45, 2.75) is 64.5 Å². The maximum atomic E-state index is 12.7. The number of aryl methyl sites for hydroxylation is 2. The number of hydrogen-bond acceptors (Lipinski definition) is 3. The molecule has 26 heavy (non-hydrogen) atoms. The van der Waals surface area contributed by atoms with Crippen LogP contribution in [0.3, 0.4) is 0 Å². The van der Waals surface area contributed by atoms with Gasteiger partial charge in [0.1, 0.15) is 11.6 Å². The van der Waals surface area contributed by atoms with Crippen LogP contribution in [-0.4, -0.2) is 43.0 Å². The molecule has 0 bridgehead atoms. The standard InChI is InChI=1S/C20H29N5O/c1-2-18-21-8-12-23(18)11-7-19(26)24-10-3-4-17(15-24)20-22-9-13-25(20)14-16-5-6-16/h8-9,12-13,16-17H,2-7,10-11,14-15H2,1H3. The molecular weight excluding hydrogens is 326 g/mol. The van der Waals surface area contributed by atoms with Crippen molar-refractivity contribution in [1.29, 1.82) is 0 Å². The Balaban J connectivity index is 1.35. The molecule has 4 rings (SSSR count). The number of aromatic nitrogens is 4. The molecule has 2 aliphatic rings. The normalized spacial score (nSPS) is 20.5. The van der Waals surface area contributed by atoms with Crippen molar-refractivity contribution in [3.05, 3.63) is 36.4 Å². The summed E-state index contributed by atoms with van der Waals surface area (Å²) in [6.45, 7) is 5.60. The van der Waals surface area contributed by atoms with E-state index in [1.807, 2.05) is 23.5 Å². The van der Waals surface area contributed by atoms with E-state index in [0.29, 0.717) is 12.3 Å². The average molecular weight is 355 g/mol. The Labute approximate surface area is 155 Å². The van der Waals surface area contributed by atoms with Gasteiger partial charge in [-0.3, -0.25) is 4.79 Å². The van der Waals surface area contributed by atoms with Gasteiger partial charge in [0.25, 0.3) is 0 Å². The number of piperidine rings is 1. The third kappa shape index (κ3) is 3.84. The van der Waals surface area contributed by atoms with Crippen LogP contribution in [0.5, 0.6) is 0 Å². The lowest BCUT2D eigenvalue weighted by molar-refractivity contribution is -0.132. The summed E-state index contributed by atoms with van der Waals surface area (Å²) in [4.78, 5) is 23.8. The second-order valence-corrected chi connectivity index (χ2v) is 7.70. The highest BCUT2D eigenvalue weighted by molar-refractivity contribution is 5.76. The Morgan fingerprint density at radius 2 is 1.96 bits per heavy atom. The molecule has 6 nitrogen and oxygen atoms in total. The minimum Gasteiger partial charge on any atom is -0.342 e. The number of carbonyl (C=O) groups is 1. The van der Waals surface area contributed by atoms with Gasteiger partial charge in [-0.25, -0.2) is 9.97 Å². The minimum absolute atomic E-state index is 0.255. The van der Waals surface area contributed by atoms with Gasteiger partial charge in [0.2, 0.25) is 5.91 Å². The largest absolute Gasteiger partial charge is 0.342 e. The zero-order chi connectivity index (χ0) is 17.9. The van der Waals surface area contributed by atoms with E-state index in [9.17, 15) is 4.79 Å². The Hall–Kier alpha value is -2.11.